The number of aromatic nitrogens is 5. The number of rotatable bonds is 5. The molecular formula is C27H25F2N5O3. The lowest BCUT2D eigenvalue weighted by Gasteiger charge is -2.37. The third kappa shape index (κ3) is 3.21. The van der Waals surface area contributed by atoms with Gasteiger partial charge in [-0.15, -0.1) is 5.10 Å². The average Bonchev–Trinajstić information content (AvgIpc) is 3.53. The lowest BCUT2D eigenvalue weighted by Crippen LogP contribution is -2.38. The van der Waals surface area contributed by atoms with E-state index < -0.39 is 29.3 Å². The first-order chi connectivity index (χ1) is 17.6. The van der Waals surface area contributed by atoms with Crippen molar-refractivity contribution < 1.29 is 23.4 Å². The van der Waals surface area contributed by atoms with Crippen molar-refractivity contribution in [2.75, 3.05) is 6.61 Å². The molecule has 2 bridgehead atoms. The molecule has 0 saturated heterocycles. The van der Waals surface area contributed by atoms with Crippen LogP contribution in [0.4, 0.5) is 8.78 Å². The van der Waals surface area contributed by atoms with Gasteiger partial charge in [0.1, 0.15) is 34.9 Å². The van der Waals surface area contributed by atoms with E-state index >= 15 is 0 Å². The second-order valence-corrected chi connectivity index (χ2v) is 10.6. The number of hydrogen-bond acceptors (Lipinski definition) is 8. The molecule has 3 aromatic heterocycles. The lowest BCUT2D eigenvalue weighted by atomic mass is 9.66. The Morgan fingerprint density at radius 1 is 1.11 bits per heavy atom. The molecule has 190 valence electrons. The zero-order chi connectivity index (χ0) is 26.2. The molecule has 0 radical (unpaired) electrons. The number of halogens is 2. The van der Waals surface area contributed by atoms with Crippen molar-refractivity contribution in [2.24, 2.45) is 5.41 Å². The topological polar surface area (TPSA) is 118 Å². The Bertz CT molecular complexity index is 1520. The van der Waals surface area contributed by atoms with Crippen LogP contribution in [0.25, 0.3) is 22.8 Å². The number of nitrogens with zero attached hydrogens (tertiary/aromatic N) is 5. The summed E-state index contributed by atoms with van der Waals surface area (Å²) in [5.41, 5.74) is 0.340. The lowest BCUT2D eigenvalue weighted by molar-refractivity contribution is -0.00589. The maximum absolute atomic E-state index is 14.5. The van der Waals surface area contributed by atoms with Crippen molar-refractivity contribution in [1.29, 1.82) is 0 Å². The fourth-order valence-electron chi connectivity index (χ4n) is 6.15. The molecule has 2 aliphatic carbocycles. The van der Waals surface area contributed by atoms with Crippen molar-refractivity contribution in [2.45, 2.75) is 50.5 Å². The highest BCUT2D eigenvalue weighted by Gasteiger charge is 2.65. The molecule has 1 fully saturated rings. The highest BCUT2D eigenvalue weighted by atomic mass is 19.1. The Kier molecular flexibility index (Phi) is 5.09. The summed E-state index contributed by atoms with van der Waals surface area (Å²) in [5, 5.41) is 28.6. The SMILES string of the molecule is CC1(C)[C@H]2CC[C@]1(c1cncc(-c3nc([C@](C)(O)CO)co3)n1)c1nnc(-c3c(F)cccc3F)cc12. The second-order valence-electron chi connectivity index (χ2n) is 10.6. The Morgan fingerprint density at radius 2 is 1.86 bits per heavy atom. The zero-order valence-electron chi connectivity index (χ0n) is 20.5. The van der Waals surface area contributed by atoms with E-state index in [1.807, 2.05) is 0 Å². The van der Waals surface area contributed by atoms with Crippen LogP contribution in [0.3, 0.4) is 0 Å². The summed E-state index contributed by atoms with van der Waals surface area (Å²) < 4.78 is 34.6. The number of fused-ring (bicyclic) bond motifs is 5. The van der Waals surface area contributed by atoms with Crippen LogP contribution in [-0.2, 0) is 11.0 Å². The normalized spacial score (nSPS) is 23.2. The molecule has 2 N–H and O–H groups in total. The van der Waals surface area contributed by atoms with Gasteiger partial charge in [0.25, 0.3) is 0 Å². The van der Waals surface area contributed by atoms with E-state index in [0.29, 0.717) is 11.4 Å². The molecule has 3 heterocycles. The van der Waals surface area contributed by atoms with E-state index in [0.717, 1.165) is 24.1 Å². The molecule has 0 amide bonds. The molecule has 6 rings (SSSR count). The van der Waals surface area contributed by atoms with E-state index in [1.54, 1.807) is 12.3 Å². The average molecular weight is 506 g/mol. The van der Waals surface area contributed by atoms with E-state index in [4.69, 9.17) is 9.40 Å². The summed E-state index contributed by atoms with van der Waals surface area (Å²) in [5.74, 6) is -1.12. The van der Waals surface area contributed by atoms with Gasteiger partial charge in [0, 0.05) is 6.20 Å². The Labute approximate surface area is 211 Å². The number of oxazole rings is 1. The molecule has 3 atom stereocenters. The van der Waals surface area contributed by atoms with Crippen molar-refractivity contribution in [1.82, 2.24) is 25.1 Å². The van der Waals surface area contributed by atoms with Crippen LogP contribution in [0, 0.1) is 17.0 Å². The van der Waals surface area contributed by atoms with Gasteiger partial charge in [-0.25, -0.2) is 18.7 Å². The predicted octanol–water partition coefficient (Wildman–Crippen LogP) is 4.27. The number of hydrogen-bond donors (Lipinski definition) is 2. The van der Waals surface area contributed by atoms with Gasteiger partial charge in [0.05, 0.1) is 40.9 Å². The minimum Gasteiger partial charge on any atom is -0.443 e. The van der Waals surface area contributed by atoms with Crippen LogP contribution in [-0.4, -0.2) is 42.0 Å². The highest BCUT2D eigenvalue weighted by Crippen LogP contribution is 2.69. The van der Waals surface area contributed by atoms with E-state index in [2.05, 4.69) is 34.0 Å². The molecule has 0 unspecified atom stereocenters. The number of aliphatic hydroxyl groups is 2. The van der Waals surface area contributed by atoms with Crippen molar-refractivity contribution in [3.05, 3.63) is 77.2 Å². The fraction of sp³-hybridized carbons (Fsp3) is 0.370. The smallest absolute Gasteiger partial charge is 0.247 e. The summed E-state index contributed by atoms with van der Waals surface area (Å²) in [7, 11) is 0. The summed E-state index contributed by atoms with van der Waals surface area (Å²) in [6.07, 6.45) is 6.11. The quantitative estimate of drug-likeness (QED) is 0.413. The minimum absolute atomic E-state index is 0.0880. The van der Waals surface area contributed by atoms with E-state index in [-0.39, 0.29) is 34.2 Å². The van der Waals surface area contributed by atoms with Crippen LogP contribution in [0.2, 0.25) is 0 Å². The zero-order valence-corrected chi connectivity index (χ0v) is 20.5. The van der Waals surface area contributed by atoms with Crippen molar-refractivity contribution in [3.63, 3.8) is 0 Å². The van der Waals surface area contributed by atoms with Crippen LogP contribution in [0.5, 0.6) is 0 Å². The molecule has 2 aliphatic rings. The Morgan fingerprint density at radius 3 is 2.59 bits per heavy atom. The molecule has 0 spiro atoms. The maximum Gasteiger partial charge on any atom is 0.247 e. The van der Waals surface area contributed by atoms with Crippen LogP contribution in [0.15, 0.2) is 47.3 Å². The number of benzene rings is 1. The molecule has 4 aromatic rings. The Balaban J connectivity index is 1.47. The second kappa shape index (κ2) is 7.93. The predicted molar refractivity (Wildman–Crippen MR) is 128 cm³/mol. The van der Waals surface area contributed by atoms with E-state index in [1.165, 1.54) is 37.6 Å². The first-order valence-corrected chi connectivity index (χ1v) is 12.0. The van der Waals surface area contributed by atoms with Crippen LogP contribution in [0.1, 0.15) is 62.2 Å². The van der Waals surface area contributed by atoms with Crippen molar-refractivity contribution >= 4 is 0 Å². The minimum atomic E-state index is -1.55. The Hall–Kier alpha value is -3.63. The van der Waals surface area contributed by atoms with Gasteiger partial charge in [-0.3, -0.25) is 4.98 Å². The fourth-order valence-corrected chi connectivity index (χ4v) is 6.15. The number of aliphatic hydroxyl groups excluding tert-OH is 1. The largest absolute Gasteiger partial charge is 0.443 e. The van der Waals surface area contributed by atoms with Gasteiger partial charge in [0.2, 0.25) is 5.89 Å². The first-order valence-electron chi connectivity index (χ1n) is 12.0. The standard InChI is InChI=1S/C27H25F2N5O3/c1-25(2)15-7-8-27(25,23-14(15)9-18(33-34-23)22-16(28)5-4-6-17(22)29)20-11-30-10-19(31-20)24-32-21(12-37-24)26(3,36)13-35/h4-6,9-12,15,35-36H,7-8,13H2,1-3H3/t15-,26+,27-/m0/s1. The molecular weight excluding hydrogens is 480 g/mol. The molecule has 0 aliphatic heterocycles. The first kappa shape index (κ1) is 23.7. The van der Waals surface area contributed by atoms with Crippen LogP contribution < -0.4 is 0 Å². The van der Waals surface area contributed by atoms with Gasteiger partial charge in [-0.1, -0.05) is 19.9 Å². The van der Waals surface area contributed by atoms with Gasteiger partial charge in [-0.05, 0) is 54.9 Å². The highest BCUT2D eigenvalue weighted by molar-refractivity contribution is 5.64. The molecule has 37 heavy (non-hydrogen) atoms. The summed E-state index contributed by atoms with van der Waals surface area (Å²) in [4.78, 5) is 13.6. The molecule has 8 nitrogen and oxygen atoms in total. The van der Waals surface area contributed by atoms with Crippen molar-refractivity contribution in [3.8, 4) is 22.8 Å². The van der Waals surface area contributed by atoms with E-state index in [9.17, 15) is 19.0 Å². The van der Waals surface area contributed by atoms with Gasteiger partial charge >= 0.3 is 0 Å². The molecule has 1 aromatic carbocycles. The third-order valence-corrected chi connectivity index (χ3v) is 8.26. The maximum atomic E-state index is 14.5. The van der Waals surface area contributed by atoms with Crippen LogP contribution >= 0.6 is 0 Å². The van der Waals surface area contributed by atoms with Gasteiger partial charge in [0.15, 0.2) is 0 Å². The summed E-state index contributed by atoms with van der Waals surface area (Å²) in [6, 6.07) is 5.49. The monoisotopic (exact) mass is 505 g/mol. The van der Waals surface area contributed by atoms with Gasteiger partial charge in [-0.2, -0.15) is 5.10 Å². The molecule has 10 heteroatoms. The summed E-state index contributed by atoms with van der Waals surface area (Å²) in [6.45, 7) is 5.21. The molecule has 1 saturated carbocycles. The van der Waals surface area contributed by atoms with Gasteiger partial charge < -0.3 is 14.6 Å². The third-order valence-electron chi connectivity index (χ3n) is 8.26. The summed E-state index contributed by atoms with van der Waals surface area (Å²) >= 11 is 0.